The fraction of sp³-hybridized carbons (Fsp3) is 0.677. The number of rotatable bonds is 23. The van der Waals surface area contributed by atoms with Gasteiger partial charge in [-0.1, -0.05) is 57.7 Å². The average Bonchev–Trinajstić information content (AvgIpc) is 2.98. The van der Waals surface area contributed by atoms with Crippen molar-refractivity contribution in [2.24, 2.45) is 0 Å². The number of aliphatic hydroxyl groups excluding tert-OH is 2. The van der Waals surface area contributed by atoms with E-state index >= 15 is 0 Å². The molecule has 238 valence electrons. The molecule has 0 radical (unpaired) electrons. The first-order valence-electron chi connectivity index (χ1n) is 14.6. The van der Waals surface area contributed by atoms with Crippen molar-refractivity contribution in [1.29, 1.82) is 0 Å². The third-order valence-electron chi connectivity index (χ3n) is 5.38. The second kappa shape index (κ2) is 32.2. The Kier molecular flexibility index (Phi) is 32.0. The molecule has 0 unspecified atom stereocenters. The van der Waals surface area contributed by atoms with Crippen LogP contribution in [0.25, 0.3) is 0 Å². The number of aryl methyl sites for hydroxylation is 1. The molecule has 0 saturated heterocycles. The lowest BCUT2D eigenvalue weighted by atomic mass is 10.00. The number of aromatic carboxylic acids is 1. The molecule has 0 heterocycles. The second-order valence-electron chi connectivity index (χ2n) is 8.69. The number of hydrogen-bond acceptors (Lipinski definition) is 9. The third-order valence-corrected chi connectivity index (χ3v) is 5.38. The zero-order valence-corrected chi connectivity index (χ0v) is 25.4. The predicted molar refractivity (Wildman–Crippen MR) is 159 cm³/mol. The van der Waals surface area contributed by atoms with E-state index < -0.39 is 11.9 Å². The highest BCUT2D eigenvalue weighted by atomic mass is 16.5. The van der Waals surface area contributed by atoms with Crippen LogP contribution in [0.3, 0.4) is 0 Å². The van der Waals surface area contributed by atoms with Gasteiger partial charge in [0.25, 0.3) is 0 Å². The monoisotopic (exact) mass is 586 g/mol. The molecule has 41 heavy (non-hydrogen) atoms. The molecule has 0 atom stereocenters. The molecule has 0 amide bonds. The van der Waals surface area contributed by atoms with E-state index in [0.717, 1.165) is 37.7 Å². The first kappa shape index (κ1) is 40.8. The van der Waals surface area contributed by atoms with Gasteiger partial charge in [0, 0.05) is 24.9 Å². The number of carbonyl (C=O) groups excluding carboxylic acids is 1. The van der Waals surface area contributed by atoms with Gasteiger partial charge in [0.1, 0.15) is 6.61 Å². The highest BCUT2D eigenvalue weighted by molar-refractivity contribution is 5.89. The fourth-order valence-electron chi connectivity index (χ4n) is 3.32. The summed E-state index contributed by atoms with van der Waals surface area (Å²) < 4.78 is 24.8. The molecule has 0 aromatic heterocycles. The number of carboxylic acid groups (broad SMARTS) is 1. The molecule has 0 saturated carbocycles. The lowest BCUT2D eigenvalue weighted by Gasteiger charge is -2.09. The summed E-state index contributed by atoms with van der Waals surface area (Å²) in [5.74, 6) is -1.57. The quantitative estimate of drug-likeness (QED) is 0.0948. The average molecular weight is 587 g/mol. The van der Waals surface area contributed by atoms with Crippen molar-refractivity contribution >= 4 is 11.9 Å². The van der Waals surface area contributed by atoms with E-state index in [2.05, 4.69) is 13.5 Å². The third kappa shape index (κ3) is 27.6. The molecule has 0 aliphatic heterocycles. The molecule has 0 aliphatic carbocycles. The summed E-state index contributed by atoms with van der Waals surface area (Å²) >= 11 is 0. The van der Waals surface area contributed by atoms with Crippen molar-refractivity contribution in [3.05, 3.63) is 47.5 Å². The molecule has 0 bridgehead atoms. The number of carboxylic acids is 1. The molecular formula is C31H54O10. The Hall–Kier alpha value is -2.34. The van der Waals surface area contributed by atoms with Gasteiger partial charge in [-0.3, -0.25) is 0 Å². The van der Waals surface area contributed by atoms with Gasteiger partial charge in [0.15, 0.2) is 0 Å². The van der Waals surface area contributed by atoms with Crippen molar-refractivity contribution in [3.63, 3.8) is 0 Å². The zero-order valence-electron chi connectivity index (χ0n) is 25.4. The maximum atomic E-state index is 11.2. The van der Waals surface area contributed by atoms with Crippen LogP contribution in [0.4, 0.5) is 0 Å². The maximum Gasteiger partial charge on any atom is 0.336 e. The summed E-state index contributed by atoms with van der Waals surface area (Å²) in [6.45, 7) is 13.9. The lowest BCUT2D eigenvalue weighted by Crippen LogP contribution is -2.11. The number of aliphatic hydroxyl groups is 2. The van der Waals surface area contributed by atoms with E-state index in [4.69, 9.17) is 33.9 Å². The Balaban J connectivity index is 0. The van der Waals surface area contributed by atoms with E-state index in [0.29, 0.717) is 45.2 Å². The van der Waals surface area contributed by atoms with Gasteiger partial charge in [0.2, 0.25) is 0 Å². The van der Waals surface area contributed by atoms with Gasteiger partial charge < -0.3 is 39.0 Å². The highest BCUT2D eigenvalue weighted by Gasteiger charge is 2.12. The van der Waals surface area contributed by atoms with Gasteiger partial charge in [-0.05, 0) is 38.3 Å². The summed E-state index contributed by atoms with van der Waals surface area (Å²) in [5, 5.41) is 25.9. The molecule has 1 aromatic carbocycles. The first-order chi connectivity index (χ1) is 19.9. The van der Waals surface area contributed by atoms with E-state index in [1.807, 2.05) is 26.0 Å². The Morgan fingerprint density at radius 3 is 1.78 bits per heavy atom. The van der Waals surface area contributed by atoms with Gasteiger partial charge >= 0.3 is 11.9 Å². The van der Waals surface area contributed by atoms with E-state index in [1.165, 1.54) is 32.1 Å². The van der Waals surface area contributed by atoms with Crippen molar-refractivity contribution in [1.82, 2.24) is 0 Å². The van der Waals surface area contributed by atoms with E-state index in [1.54, 1.807) is 6.07 Å². The minimum Gasteiger partial charge on any atom is -0.478 e. The molecule has 1 aromatic rings. The molecule has 10 nitrogen and oxygen atoms in total. The molecule has 0 fully saturated rings. The van der Waals surface area contributed by atoms with Crippen molar-refractivity contribution in [2.45, 2.75) is 72.3 Å². The predicted octanol–water partition coefficient (Wildman–Crippen LogP) is 4.58. The van der Waals surface area contributed by atoms with Crippen LogP contribution in [-0.2, 0) is 41.5 Å². The lowest BCUT2D eigenvalue weighted by molar-refractivity contribution is -0.139. The highest BCUT2D eigenvalue weighted by Crippen LogP contribution is 2.17. The van der Waals surface area contributed by atoms with Crippen molar-refractivity contribution in [3.8, 4) is 0 Å². The van der Waals surface area contributed by atoms with Crippen LogP contribution in [0.2, 0.25) is 0 Å². The summed E-state index contributed by atoms with van der Waals surface area (Å²) in [7, 11) is 0. The minimum atomic E-state index is -1.01. The molecular weight excluding hydrogens is 532 g/mol. The standard InChI is InChI=1S/C19H26O4.C8H18O5.C4H10O/c1-3-5-6-7-8-9-10-15-11-12-17(19(21)22)16(13-15)14-23-18(20)4-2;9-1-3-11-5-7-13-8-6-12-4-2-10;1-3-5-4-2/h4,11-13H,2-3,5-10,14H2,1H3,(H,21,22);9-10H,1-8H2;3-4H2,1-2H3. The Bertz CT molecular complexity index is 742. The van der Waals surface area contributed by atoms with Crippen LogP contribution in [0.1, 0.15) is 80.8 Å². The number of ether oxygens (including phenoxy) is 5. The van der Waals surface area contributed by atoms with Crippen molar-refractivity contribution in [2.75, 3.05) is 66.1 Å². The SMILES string of the molecule is C=CC(=O)OCc1cc(CCCCCCCC)ccc1C(=O)O.CCOCC.OCCOCCOCCOCCO. The number of hydrogen-bond donors (Lipinski definition) is 3. The molecule has 0 spiro atoms. The summed E-state index contributed by atoms with van der Waals surface area (Å²) in [6, 6.07) is 5.26. The second-order valence-corrected chi connectivity index (χ2v) is 8.69. The first-order valence-corrected chi connectivity index (χ1v) is 14.6. The number of benzene rings is 1. The smallest absolute Gasteiger partial charge is 0.336 e. The fourth-order valence-corrected chi connectivity index (χ4v) is 3.32. The van der Waals surface area contributed by atoms with E-state index in [-0.39, 0.29) is 25.4 Å². The Morgan fingerprint density at radius 1 is 0.780 bits per heavy atom. The van der Waals surface area contributed by atoms with Gasteiger partial charge in [0.05, 0.1) is 58.4 Å². The van der Waals surface area contributed by atoms with Crippen LogP contribution in [0, 0.1) is 0 Å². The number of carbonyl (C=O) groups is 2. The largest absolute Gasteiger partial charge is 0.478 e. The van der Waals surface area contributed by atoms with Gasteiger partial charge in [-0.15, -0.1) is 0 Å². The summed E-state index contributed by atoms with van der Waals surface area (Å²) in [5.41, 5.74) is 1.78. The minimum absolute atomic E-state index is 0.0413. The van der Waals surface area contributed by atoms with Crippen LogP contribution in [0.5, 0.6) is 0 Å². The maximum absolute atomic E-state index is 11.2. The van der Waals surface area contributed by atoms with Crippen molar-refractivity contribution < 1.29 is 48.6 Å². The Morgan fingerprint density at radius 2 is 1.32 bits per heavy atom. The number of unbranched alkanes of at least 4 members (excludes halogenated alkanes) is 5. The molecule has 10 heteroatoms. The molecule has 1 rings (SSSR count). The van der Waals surface area contributed by atoms with Crippen LogP contribution >= 0.6 is 0 Å². The van der Waals surface area contributed by atoms with Crippen LogP contribution in [0.15, 0.2) is 30.9 Å². The molecule has 3 N–H and O–H groups in total. The van der Waals surface area contributed by atoms with Crippen LogP contribution in [-0.4, -0.2) is 93.3 Å². The van der Waals surface area contributed by atoms with E-state index in [9.17, 15) is 14.7 Å². The topological polar surface area (TPSA) is 141 Å². The van der Waals surface area contributed by atoms with Crippen LogP contribution < -0.4 is 0 Å². The summed E-state index contributed by atoms with van der Waals surface area (Å²) in [4.78, 5) is 22.4. The zero-order chi connectivity index (χ0) is 31.0. The van der Waals surface area contributed by atoms with Gasteiger partial charge in [-0.2, -0.15) is 0 Å². The van der Waals surface area contributed by atoms with Gasteiger partial charge in [-0.25, -0.2) is 9.59 Å². The Labute approximate surface area is 246 Å². The number of esters is 1. The normalized spacial score (nSPS) is 10.2. The summed E-state index contributed by atoms with van der Waals surface area (Å²) in [6.07, 6.45) is 9.29. The molecule has 0 aliphatic rings.